The lowest BCUT2D eigenvalue weighted by atomic mass is 9.66. The number of hydrogen-bond acceptors (Lipinski definition) is 8. The Labute approximate surface area is 168 Å². The van der Waals surface area contributed by atoms with Crippen molar-refractivity contribution >= 4 is 23.6 Å². The highest BCUT2D eigenvalue weighted by Gasteiger charge is 2.63. The molecule has 3 rings (SSSR count). The fraction of sp³-hybridized carbons (Fsp3) is 0.381. The van der Waals surface area contributed by atoms with E-state index in [-0.39, 0.29) is 29.3 Å². The molecule has 0 saturated heterocycles. The number of anilines is 1. The zero-order chi connectivity index (χ0) is 21.5. The molecule has 0 amide bonds. The maximum absolute atomic E-state index is 13.3. The van der Waals surface area contributed by atoms with Crippen LogP contribution in [-0.4, -0.2) is 37.7 Å². The zero-order valence-electron chi connectivity index (χ0n) is 17.1. The molecule has 29 heavy (non-hydrogen) atoms. The van der Waals surface area contributed by atoms with Gasteiger partial charge >= 0.3 is 17.9 Å². The predicted octanol–water partition coefficient (Wildman–Crippen LogP) is 1.89. The Morgan fingerprint density at radius 3 is 2.48 bits per heavy atom. The van der Waals surface area contributed by atoms with E-state index >= 15 is 0 Å². The maximum atomic E-state index is 13.3. The van der Waals surface area contributed by atoms with E-state index in [0.717, 1.165) is 0 Å². The highest BCUT2D eigenvalue weighted by atomic mass is 16.6. The van der Waals surface area contributed by atoms with Gasteiger partial charge < -0.3 is 24.8 Å². The molecule has 0 aliphatic carbocycles. The number of nitrogens with zero attached hydrogens (tertiary/aromatic N) is 1. The summed E-state index contributed by atoms with van der Waals surface area (Å²) in [6.07, 6.45) is -0.440. The largest absolute Gasteiger partial charge is 0.462 e. The number of rotatable bonds is 4. The van der Waals surface area contributed by atoms with Gasteiger partial charge in [-0.15, -0.1) is 0 Å². The number of para-hydroxylation sites is 1. The quantitative estimate of drug-likeness (QED) is 0.603. The van der Waals surface area contributed by atoms with E-state index in [4.69, 9.17) is 19.9 Å². The SMILES string of the molecule is CCOC(=O)C1=C(N)N(C)c2ccccc2[C@]12C(=O)OC(C)=C2C(=O)OC(C)C. The second kappa shape index (κ2) is 7.27. The van der Waals surface area contributed by atoms with Crippen LogP contribution in [0.4, 0.5) is 5.69 Å². The molecule has 0 aromatic heterocycles. The maximum Gasteiger partial charge on any atom is 0.339 e. The molecule has 1 spiro atoms. The lowest BCUT2D eigenvalue weighted by molar-refractivity contribution is -0.148. The summed E-state index contributed by atoms with van der Waals surface area (Å²) >= 11 is 0. The molecule has 2 aliphatic heterocycles. The Morgan fingerprint density at radius 1 is 1.21 bits per heavy atom. The van der Waals surface area contributed by atoms with E-state index in [0.29, 0.717) is 11.3 Å². The molecular weight excluding hydrogens is 376 g/mol. The van der Waals surface area contributed by atoms with Gasteiger partial charge in [0.1, 0.15) is 22.7 Å². The summed E-state index contributed by atoms with van der Waals surface area (Å²) in [5.74, 6) is -2.28. The van der Waals surface area contributed by atoms with E-state index in [1.807, 2.05) is 0 Å². The molecule has 1 aromatic rings. The number of cyclic esters (lactones) is 1. The number of esters is 3. The van der Waals surface area contributed by atoms with Gasteiger partial charge in [0.2, 0.25) is 0 Å². The van der Waals surface area contributed by atoms with Gasteiger partial charge in [0.15, 0.2) is 5.41 Å². The molecule has 2 N–H and O–H groups in total. The van der Waals surface area contributed by atoms with Crippen LogP contribution in [0.3, 0.4) is 0 Å². The van der Waals surface area contributed by atoms with E-state index in [1.54, 1.807) is 57.0 Å². The Bertz CT molecular complexity index is 962. The summed E-state index contributed by atoms with van der Waals surface area (Å²) in [7, 11) is 1.67. The summed E-state index contributed by atoms with van der Waals surface area (Å²) in [4.78, 5) is 41.0. The number of nitrogens with two attached hydrogens (primary N) is 1. The fourth-order valence-corrected chi connectivity index (χ4v) is 3.84. The molecule has 8 nitrogen and oxygen atoms in total. The summed E-state index contributed by atoms with van der Waals surface area (Å²) in [5.41, 5.74) is 5.20. The normalized spacial score (nSPS) is 20.9. The number of carbonyl (C=O) groups excluding carboxylic acids is 3. The molecule has 8 heteroatoms. The minimum Gasteiger partial charge on any atom is -0.462 e. The second-order valence-corrected chi connectivity index (χ2v) is 7.08. The smallest absolute Gasteiger partial charge is 0.339 e. The summed E-state index contributed by atoms with van der Waals surface area (Å²) in [6.45, 7) is 6.59. The van der Waals surface area contributed by atoms with E-state index in [1.165, 1.54) is 6.92 Å². The van der Waals surface area contributed by atoms with Crippen LogP contribution in [0, 0.1) is 0 Å². The van der Waals surface area contributed by atoms with Crippen molar-refractivity contribution in [1.29, 1.82) is 0 Å². The van der Waals surface area contributed by atoms with Crippen molar-refractivity contribution in [2.75, 3.05) is 18.6 Å². The number of benzene rings is 1. The van der Waals surface area contributed by atoms with Gasteiger partial charge in [-0.1, -0.05) is 18.2 Å². The first-order chi connectivity index (χ1) is 13.7. The van der Waals surface area contributed by atoms with Gasteiger partial charge in [-0.05, 0) is 33.8 Å². The minimum atomic E-state index is -1.87. The lowest BCUT2D eigenvalue weighted by Gasteiger charge is -2.39. The molecule has 2 heterocycles. The van der Waals surface area contributed by atoms with Crippen LogP contribution in [-0.2, 0) is 34.0 Å². The summed E-state index contributed by atoms with van der Waals surface area (Å²) in [5, 5.41) is 0. The standard InChI is InChI=1S/C21H24N2O6/c1-6-27-18(24)16-17(22)23(5)14-10-8-7-9-13(14)21(16)15(12(4)29-20(21)26)19(25)28-11(2)3/h7-11H,6,22H2,1-5H3/t21-/m1/s1. The molecule has 0 radical (unpaired) electrons. The Morgan fingerprint density at radius 2 is 1.86 bits per heavy atom. The predicted molar refractivity (Wildman–Crippen MR) is 104 cm³/mol. The van der Waals surface area contributed by atoms with Crippen LogP contribution in [0.25, 0.3) is 0 Å². The van der Waals surface area contributed by atoms with Crippen LogP contribution < -0.4 is 10.6 Å². The Balaban J connectivity index is 2.40. The summed E-state index contributed by atoms with van der Waals surface area (Å²) in [6, 6.07) is 6.90. The monoisotopic (exact) mass is 400 g/mol. The van der Waals surface area contributed by atoms with Gasteiger partial charge in [-0.2, -0.15) is 0 Å². The number of hydrogen-bond donors (Lipinski definition) is 1. The molecule has 0 fully saturated rings. The molecule has 2 aliphatic rings. The third-order valence-corrected chi connectivity index (χ3v) is 4.97. The molecule has 1 aromatic carbocycles. The average Bonchev–Trinajstić information content (AvgIpc) is 2.90. The third kappa shape index (κ3) is 2.86. The molecule has 0 saturated carbocycles. The topological polar surface area (TPSA) is 108 Å². The van der Waals surface area contributed by atoms with Crippen LogP contribution in [0.15, 0.2) is 47.0 Å². The minimum absolute atomic E-state index is 0.00338. The van der Waals surface area contributed by atoms with Gasteiger partial charge in [-0.3, -0.25) is 0 Å². The zero-order valence-corrected chi connectivity index (χ0v) is 17.1. The van der Waals surface area contributed by atoms with Gasteiger partial charge in [-0.25, -0.2) is 14.4 Å². The van der Waals surface area contributed by atoms with Crippen molar-refractivity contribution in [2.45, 2.75) is 39.2 Å². The van der Waals surface area contributed by atoms with Gasteiger partial charge in [0.25, 0.3) is 0 Å². The third-order valence-electron chi connectivity index (χ3n) is 4.97. The molecule has 0 unspecified atom stereocenters. The molecule has 1 atom stereocenters. The van der Waals surface area contributed by atoms with E-state index in [2.05, 4.69) is 0 Å². The first-order valence-corrected chi connectivity index (χ1v) is 9.33. The van der Waals surface area contributed by atoms with Crippen molar-refractivity contribution in [2.24, 2.45) is 5.73 Å². The van der Waals surface area contributed by atoms with Crippen molar-refractivity contribution in [3.8, 4) is 0 Å². The van der Waals surface area contributed by atoms with Crippen molar-refractivity contribution < 1.29 is 28.6 Å². The number of allylic oxidation sites excluding steroid dienone is 1. The van der Waals surface area contributed by atoms with Crippen LogP contribution >= 0.6 is 0 Å². The van der Waals surface area contributed by atoms with Crippen LogP contribution in [0.2, 0.25) is 0 Å². The highest BCUT2D eigenvalue weighted by Crippen LogP contribution is 2.53. The first kappa shape index (κ1) is 20.4. The Hall–Kier alpha value is -3.29. The fourth-order valence-electron chi connectivity index (χ4n) is 3.84. The first-order valence-electron chi connectivity index (χ1n) is 9.33. The van der Waals surface area contributed by atoms with Crippen molar-refractivity contribution in [3.05, 3.63) is 52.6 Å². The number of carbonyl (C=O) groups is 3. The highest BCUT2D eigenvalue weighted by molar-refractivity contribution is 6.16. The summed E-state index contributed by atoms with van der Waals surface area (Å²) < 4.78 is 16.0. The van der Waals surface area contributed by atoms with Crippen LogP contribution in [0.1, 0.15) is 33.3 Å². The van der Waals surface area contributed by atoms with E-state index in [9.17, 15) is 14.4 Å². The second-order valence-electron chi connectivity index (χ2n) is 7.08. The van der Waals surface area contributed by atoms with Gasteiger partial charge in [0, 0.05) is 18.3 Å². The van der Waals surface area contributed by atoms with E-state index < -0.39 is 29.4 Å². The van der Waals surface area contributed by atoms with Gasteiger partial charge in [0.05, 0.1) is 12.7 Å². The lowest BCUT2D eigenvalue weighted by Crippen LogP contribution is -2.50. The molecule has 154 valence electrons. The van der Waals surface area contributed by atoms with Crippen molar-refractivity contribution in [1.82, 2.24) is 0 Å². The number of ether oxygens (including phenoxy) is 3. The molecular formula is C21H24N2O6. The Kier molecular flexibility index (Phi) is 5.13. The van der Waals surface area contributed by atoms with Crippen molar-refractivity contribution in [3.63, 3.8) is 0 Å². The van der Waals surface area contributed by atoms with Crippen LogP contribution in [0.5, 0.6) is 0 Å². The number of fused-ring (bicyclic) bond motifs is 2. The molecule has 0 bridgehead atoms. The average molecular weight is 400 g/mol.